The number of aryl methyl sites for hydroxylation is 1. The fourth-order valence-corrected chi connectivity index (χ4v) is 2.38. The lowest BCUT2D eigenvalue weighted by Crippen LogP contribution is -2.51. The molecule has 3 heterocycles. The Hall–Kier alpha value is -2.41. The predicted octanol–water partition coefficient (Wildman–Crippen LogP) is 0.781. The van der Waals surface area contributed by atoms with Gasteiger partial charge in [0.05, 0.1) is 25.2 Å². The van der Waals surface area contributed by atoms with E-state index < -0.39 is 0 Å². The Bertz CT molecular complexity index is 629. The summed E-state index contributed by atoms with van der Waals surface area (Å²) in [7, 11) is 1.79. The molecule has 1 aliphatic heterocycles. The molecule has 116 valence electrons. The number of hydrogen-bond donors (Lipinski definition) is 1. The Morgan fingerprint density at radius 3 is 3.14 bits per heavy atom. The number of amides is 1. The molecule has 7 nitrogen and oxygen atoms in total. The van der Waals surface area contributed by atoms with E-state index in [9.17, 15) is 4.79 Å². The lowest BCUT2D eigenvalue weighted by atomic mass is 10.1. The van der Waals surface area contributed by atoms with Crippen LogP contribution in [0.2, 0.25) is 0 Å². The molecule has 1 aliphatic rings. The third-order valence-corrected chi connectivity index (χ3v) is 3.58. The van der Waals surface area contributed by atoms with Gasteiger partial charge in [0.1, 0.15) is 11.8 Å². The van der Waals surface area contributed by atoms with Crippen LogP contribution in [0.25, 0.3) is 0 Å². The van der Waals surface area contributed by atoms with Crippen LogP contribution >= 0.6 is 0 Å². The van der Waals surface area contributed by atoms with Crippen LogP contribution < -0.4 is 10.1 Å². The molecule has 0 saturated carbocycles. The molecule has 0 aliphatic carbocycles. The predicted molar refractivity (Wildman–Crippen MR) is 78.6 cm³/mol. The highest BCUT2D eigenvalue weighted by atomic mass is 16.5. The van der Waals surface area contributed by atoms with Crippen LogP contribution in [0, 0.1) is 0 Å². The van der Waals surface area contributed by atoms with Gasteiger partial charge in [-0.1, -0.05) is 6.07 Å². The molecule has 2 aromatic heterocycles. The molecular weight excluding hydrogens is 284 g/mol. The van der Waals surface area contributed by atoms with Crippen LogP contribution in [-0.4, -0.2) is 45.8 Å². The minimum Gasteiger partial charge on any atom is -0.470 e. The zero-order chi connectivity index (χ0) is 15.4. The van der Waals surface area contributed by atoms with Crippen molar-refractivity contribution in [2.24, 2.45) is 7.05 Å². The van der Waals surface area contributed by atoms with E-state index in [-0.39, 0.29) is 18.1 Å². The van der Waals surface area contributed by atoms with Crippen LogP contribution in [0.5, 0.6) is 5.88 Å². The number of hydrogen-bond acceptors (Lipinski definition) is 5. The Morgan fingerprint density at radius 2 is 2.41 bits per heavy atom. The zero-order valence-electron chi connectivity index (χ0n) is 12.3. The molecule has 1 N–H and O–H groups in total. The van der Waals surface area contributed by atoms with Gasteiger partial charge in [-0.15, -0.1) is 0 Å². The monoisotopic (exact) mass is 302 g/mol. The third-order valence-electron chi connectivity index (χ3n) is 3.58. The summed E-state index contributed by atoms with van der Waals surface area (Å²) in [6, 6.07) is 5.34. The zero-order valence-corrected chi connectivity index (χ0v) is 12.3. The van der Waals surface area contributed by atoms with Crippen LogP contribution in [-0.2, 0) is 11.8 Å². The molecule has 2 atom stereocenters. The average molecular weight is 302 g/mol. The number of aromatic nitrogens is 3. The molecule has 1 amide bonds. The molecule has 22 heavy (non-hydrogen) atoms. The molecular formula is C15H18N4O3. The van der Waals surface area contributed by atoms with E-state index in [0.717, 1.165) is 0 Å². The van der Waals surface area contributed by atoms with E-state index in [4.69, 9.17) is 9.47 Å². The molecule has 1 fully saturated rings. The van der Waals surface area contributed by atoms with E-state index in [1.54, 1.807) is 36.4 Å². The fourth-order valence-electron chi connectivity index (χ4n) is 2.38. The van der Waals surface area contributed by atoms with Crippen molar-refractivity contribution in [2.45, 2.75) is 18.6 Å². The van der Waals surface area contributed by atoms with Crippen molar-refractivity contribution in [3.8, 4) is 5.88 Å². The van der Waals surface area contributed by atoms with Gasteiger partial charge in [0, 0.05) is 25.9 Å². The van der Waals surface area contributed by atoms with Gasteiger partial charge < -0.3 is 19.4 Å². The smallest absolute Gasteiger partial charge is 0.269 e. The molecule has 0 aromatic carbocycles. The Labute approximate surface area is 128 Å². The minimum absolute atomic E-state index is 0.127. The lowest BCUT2D eigenvalue weighted by Gasteiger charge is -2.31. The van der Waals surface area contributed by atoms with Gasteiger partial charge in [0.15, 0.2) is 0 Å². The third kappa shape index (κ3) is 3.25. The van der Waals surface area contributed by atoms with Gasteiger partial charge in [0.25, 0.3) is 5.91 Å². The van der Waals surface area contributed by atoms with E-state index in [1.807, 2.05) is 12.1 Å². The summed E-state index contributed by atoms with van der Waals surface area (Å²) in [5, 5.41) is 3.00. The second kappa shape index (κ2) is 6.57. The van der Waals surface area contributed by atoms with Gasteiger partial charge >= 0.3 is 0 Å². The first kappa shape index (κ1) is 14.5. The Morgan fingerprint density at radius 1 is 1.50 bits per heavy atom. The summed E-state index contributed by atoms with van der Waals surface area (Å²) in [4.78, 5) is 20.4. The Balaban J connectivity index is 1.67. The highest BCUT2D eigenvalue weighted by Crippen LogP contribution is 2.15. The molecule has 3 rings (SSSR count). The molecule has 0 unspecified atom stereocenters. The standard InChI is InChI=1S/C15H18N4O3/c1-19-10-16-8-12(19)15(20)18-11-5-7-21-9-13(11)22-14-4-2-3-6-17-14/h2-4,6,8,10-11,13H,5,7,9H2,1H3,(H,18,20)/t11-,13-/m1/s1. The summed E-state index contributed by atoms with van der Waals surface area (Å²) in [5.74, 6) is 0.360. The van der Waals surface area contributed by atoms with E-state index in [0.29, 0.717) is 31.2 Å². The van der Waals surface area contributed by atoms with Crippen molar-refractivity contribution in [3.05, 3.63) is 42.6 Å². The van der Waals surface area contributed by atoms with Crippen molar-refractivity contribution in [1.29, 1.82) is 0 Å². The molecule has 0 bridgehead atoms. The highest BCUT2D eigenvalue weighted by Gasteiger charge is 2.30. The van der Waals surface area contributed by atoms with E-state index in [2.05, 4.69) is 15.3 Å². The molecule has 1 saturated heterocycles. The minimum atomic E-state index is -0.263. The highest BCUT2D eigenvalue weighted by molar-refractivity contribution is 5.92. The molecule has 0 radical (unpaired) electrons. The van der Waals surface area contributed by atoms with Crippen LogP contribution in [0.15, 0.2) is 36.9 Å². The van der Waals surface area contributed by atoms with Gasteiger partial charge in [-0.25, -0.2) is 9.97 Å². The lowest BCUT2D eigenvalue weighted by molar-refractivity contribution is -0.0153. The van der Waals surface area contributed by atoms with E-state index >= 15 is 0 Å². The number of pyridine rings is 1. The van der Waals surface area contributed by atoms with Crippen molar-refractivity contribution in [2.75, 3.05) is 13.2 Å². The number of imidazole rings is 1. The maximum atomic E-state index is 12.3. The fraction of sp³-hybridized carbons (Fsp3) is 0.400. The maximum absolute atomic E-state index is 12.3. The second-order valence-corrected chi connectivity index (χ2v) is 5.16. The normalized spacial score (nSPS) is 21.3. The first-order valence-corrected chi connectivity index (χ1v) is 7.16. The Kier molecular flexibility index (Phi) is 4.34. The van der Waals surface area contributed by atoms with Gasteiger partial charge in [-0.3, -0.25) is 4.79 Å². The van der Waals surface area contributed by atoms with Crippen LogP contribution in [0.1, 0.15) is 16.9 Å². The van der Waals surface area contributed by atoms with Crippen LogP contribution in [0.4, 0.5) is 0 Å². The number of nitrogens with one attached hydrogen (secondary N) is 1. The first-order chi connectivity index (χ1) is 10.7. The second-order valence-electron chi connectivity index (χ2n) is 5.16. The maximum Gasteiger partial charge on any atom is 0.269 e. The number of ether oxygens (including phenoxy) is 2. The largest absolute Gasteiger partial charge is 0.470 e. The van der Waals surface area contributed by atoms with Crippen molar-refractivity contribution in [3.63, 3.8) is 0 Å². The summed E-state index contributed by atoms with van der Waals surface area (Å²) >= 11 is 0. The number of rotatable bonds is 4. The quantitative estimate of drug-likeness (QED) is 0.903. The van der Waals surface area contributed by atoms with Crippen LogP contribution in [0.3, 0.4) is 0 Å². The average Bonchev–Trinajstić information content (AvgIpc) is 2.96. The van der Waals surface area contributed by atoms with Crippen molar-refractivity contribution >= 4 is 5.91 Å². The SMILES string of the molecule is Cn1cncc1C(=O)N[C@@H]1CCOC[C@H]1Oc1ccccn1. The molecule has 0 spiro atoms. The summed E-state index contributed by atoms with van der Waals surface area (Å²) in [6.07, 6.45) is 5.24. The summed E-state index contributed by atoms with van der Waals surface area (Å²) < 4.78 is 13.0. The molecule has 7 heteroatoms. The molecule has 2 aromatic rings. The van der Waals surface area contributed by atoms with Gasteiger partial charge in [-0.05, 0) is 12.5 Å². The van der Waals surface area contributed by atoms with Gasteiger partial charge in [0.2, 0.25) is 5.88 Å². The number of carbonyl (C=O) groups excluding carboxylic acids is 1. The topological polar surface area (TPSA) is 78.3 Å². The summed E-state index contributed by atoms with van der Waals surface area (Å²) in [6.45, 7) is 1.02. The van der Waals surface area contributed by atoms with Crippen molar-refractivity contribution in [1.82, 2.24) is 19.9 Å². The first-order valence-electron chi connectivity index (χ1n) is 7.16. The van der Waals surface area contributed by atoms with E-state index in [1.165, 1.54) is 0 Å². The van der Waals surface area contributed by atoms with Gasteiger partial charge in [-0.2, -0.15) is 0 Å². The summed E-state index contributed by atoms with van der Waals surface area (Å²) in [5.41, 5.74) is 0.517. The number of carbonyl (C=O) groups is 1. The number of nitrogens with zero attached hydrogens (tertiary/aromatic N) is 3. The van der Waals surface area contributed by atoms with Crippen molar-refractivity contribution < 1.29 is 14.3 Å².